The van der Waals surface area contributed by atoms with Gasteiger partial charge in [-0.3, -0.25) is 4.98 Å². The van der Waals surface area contributed by atoms with E-state index in [-0.39, 0.29) is 0 Å². The van der Waals surface area contributed by atoms with Crippen LogP contribution in [0.2, 0.25) is 0 Å². The summed E-state index contributed by atoms with van der Waals surface area (Å²) in [5.41, 5.74) is 0.775. The second-order valence-corrected chi connectivity index (χ2v) is 2.16. The molecule has 0 bridgehead atoms. The third kappa shape index (κ3) is 1.70. The highest BCUT2D eigenvalue weighted by Gasteiger charge is 1.96. The summed E-state index contributed by atoms with van der Waals surface area (Å²) in [6, 6.07) is 5.59. The molecule has 0 aliphatic rings. The molecule has 1 heterocycles. The Morgan fingerprint density at radius 3 is 2.90 bits per heavy atom. The van der Waals surface area contributed by atoms with Gasteiger partial charge in [0.05, 0.1) is 0 Å². The molecule has 1 aromatic rings. The lowest BCUT2D eigenvalue weighted by Crippen LogP contribution is -1.84. The largest absolute Gasteiger partial charge is 0.426 e. The standard InChI is InChI=1S/C7H6INO/c1-6(10-8)7-4-2-3-5-9-7/h2-5H,1H2. The molecule has 0 N–H and O–H groups in total. The molecule has 0 saturated carbocycles. The monoisotopic (exact) mass is 247 g/mol. The number of halogens is 1. The van der Waals surface area contributed by atoms with E-state index in [2.05, 4.69) is 11.6 Å². The minimum absolute atomic E-state index is 0.584. The van der Waals surface area contributed by atoms with Crippen molar-refractivity contribution in [1.82, 2.24) is 4.98 Å². The van der Waals surface area contributed by atoms with Crippen LogP contribution in [0.4, 0.5) is 0 Å². The number of aromatic nitrogens is 1. The van der Waals surface area contributed by atoms with Gasteiger partial charge in [-0.25, -0.2) is 0 Å². The summed E-state index contributed by atoms with van der Waals surface area (Å²) >= 11 is 1.78. The summed E-state index contributed by atoms with van der Waals surface area (Å²) in [6.45, 7) is 3.65. The summed E-state index contributed by atoms with van der Waals surface area (Å²) in [5, 5.41) is 0. The molecule has 0 spiro atoms. The Morgan fingerprint density at radius 1 is 1.60 bits per heavy atom. The quantitative estimate of drug-likeness (QED) is 0.591. The van der Waals surface area contributed by atoms with Gasteiger partial charge in [0.15, 0.2) is 28.8 Å². The first kappa shape index (κ1) is 7.53. The van der Waals surface area contributed by atoms with E-state index in [0.29, 0.717) is 5.76 Å². The van der Waals surface area contributed by atoms with Crippen molar-refractivity contribution in [2.45, 2.75) is 0 Å². The number of pyridine rings is 1. The third-order valence-corrected chi connectivity index (χ3v) is 1.58. The van der Waals surface area contributed by atoms with Crippen molar-refractivity contribution in [3.05, 3.63) is 36.7 Å². The molecule has 0 amide bonds. The van der Waals surface area contributed by atoms with E-state index in [1.165, 1.54) is 0 Å². The molecule has 1 aromatic heterocycles. The van der Waals surface area contributed by atoms with E-state index in [4.69, 9.17) is 3.07 Å². The van der Waals surface area contributed by atoms with Crippen LogP contribution in [0.1, 0.15) is 5.69 Å². The van der Waals surface area contributed by atoms with E-state index in [0.717, 1.165) is 5.69 Å². The first-order valence-electron chi connectivity index (χ1n) is 2.73. The molecular formula is C7H6INO. The Balaban J connectivity index is 2.85. The lowest BCUT2D eigenvalue weighted by atomic mass is 10.3. The molecule has 2 nitrogen and oxygen atoms in total. The summed E-state index contributed by atoms with van der Waals surface area (Å²) in [6.07, 6.45) is 1.70. The van der Waals surface area contributed by atoms with Crippen molar-refractivity contribution in [3.63, 3.8) is 0 Å². The molecule has 3 heteroatoms. The van der Waals surface area contributed by atoms with E-state index in [9.17, 15) is 0 Å². The van der Waals surface area contributed by atoms with Crippen LogP contribution in [-0.2, 0) is 3.07 Å². The fourth-order valence-electron chi connectivity index (χ4n) is 0.567. The van der Waals surface area contributed by atoms with Crippen LogP contribution in [-0.4, -0.2) is 4.98 Å². The van der Waals surface area contributed by atoms with Crippen LogP contribution < -0.4 is 0 Å². The topological polar surface area (TPSA) is 22.1 Å². The maximum atomic E-state index is 4.85. The lowest BCUT2D eigenvalue weighted by molar-refractivity contribution is 0.673. The van der Waals surface area contributed by atoms with Gasteiger partial charge < -0.3 is 3.07 Å². The number of hydrogen-bond donors (Lipinski definition) is 0. The van der Waals surface area contributed by atoms with Gasteiger partial charge in [0.1, 0.15) is 5.69 Å². The van der Waals surface area contributed by atoms with E-state index in [1.807, 2.05) is 18.2 Å². The fraction of sp³-hybridized carbons (Fsp3) is 0. The highest BCUT2D eigenvalue weighted by molar-refractivity contribution is 14.1. The first-order valence-corrected chi connectivity index (χ1v) is 3.61. The van der Waals surface area contributed by atoms with Gasteiger partial charge in [-0.05, 0) is 12.1 Å². The van der Waals surface area contributed by atoms with Crippen molar-refractivity contribution in [2.24, 2.45) is 0 Å². The Morgan fingerprint density at radius 2 is 2.40 bits per heavy atom. The summed E-state index contributed by atoms with van der Waals surface area (Å²) in [7, 11) is 0. The highest BCUT2D eigenvalue weighted by atomic mass is 127. The van der Waals surface area contributed by atoms with E-state index in [1.54, 1.807) is 29.2 Å². The molecule has 0 fully saturated rings. The fourth-order valence-corrected chi connectivity index (χ4v) is 0.793. The lowest BCUT2D eigenvalue weighted by Gasteiger charge is -1.97. The first-order chi connectivity index (χ1) is 4.84. The average Bonchev–Trinajstić information content (AvgIpc) is 2.05. The molecule has 10 heavy (non-hydrogen) atoms. The smallest absolute Gasteiger partial charge is 0.192 e. The van der Waals surface area contributed by atoms with Gasteiger partial charge in [-0.1, -0.05) is 12.6 Å². The molecule has 0 radical (unpaired) electrons. The average molecular weight is 247 g/mol. The van der Waals surface area contributed by atoms with Crippen LogP contribution in [0.15, 0.2) is 31.0 Å². The van der Waals surface area contributed by atoms with E-state index < -0.39 is 0 Å². The number of hydrogen-bond acceptors (Lipinski definition) is 2. The maximum Gasteiger partial charge on any atom is 0.192 e. The molecule has 0 unspecified atom stereocenters. The molecule has 0 atom stereocenters. The van der Waals surface area contributed by atoms with E-state index >= 15 is 0 Å². The summed E-state index contributed by atoms with van der Waals surface area (Å²) < 4.78 is 4.85. The molecule has 1 rings (SSSR count). The second kappa shape index (κ2) is 3.55. The predicted octanol–water partition coefficient (Wildman–Crippen LogP) is 2.42. The number of rotatable bonds is 2. The zero-order chi connectivity index (χ0) is 7.40. The van der Waals surface area contributed by atoms with Gasteiger partial charge in [0.2, 0.25) is 0 Å². The van der Waals surface area contributed by atoms with Crippen LogP contribution >= 0.6 is 23.0 Å². The molecular weight excluding hydrogens is 241 g/mol. The van der Waals surface area contributed by atoms with Crippen molar-refractivity contribution in [2.75, 3.05) is 0 Å². The van der Waals surface area contributed by atoms with Gasteiger partial charge in [-0.2, -0.15) is 0 Å². The van der Waals surface area contributed by atoms with Crippen LogP contribution in [0.3, 0.4) is 0 Å². The van der Waals surface area contributed by atoms with Gasteiger partial charge in [0, 0.05) is 6.20 Å². The van der Waals surface area contributed by atoms with Crippen LogP contribution in [0.5, 0.6) is 0 Å². The molecule has 52 valence electrons. The minimum Gasteiger partial charge on any atom is -0.426 e. The second-order valence-electron chi connectivity index (χ2n) is 1.72. The molecule has 0 aliphatic heterocycles. The Hall–Kier alpha value is -0.580. The van der Waals surface area contributed by atoms with Gasteiger partial charge in [0.25, 0.3) is 0 Å². The minimum atomic E-state index is 0.584. The van der Waals surface area contributed by atoms with Crippen LogP contribution in [0.25, 0.3) is 5.76 Å². The molecule has 0 aliphatic carbocycles. The molecule has 0 aromatic carbocycles. The number of nitrogens with zero attached hydrogens (tertiary/aromatic N) is 1. The summed E-state index contributed by atoms with van der Waals surface area (Å²) in [4.78, 5) is 4.02. The van der Waals surface area contributed by atoms with Gasteiger partial charge in [-0.15, -0.1) is 0 Å². The third-order valence-electron chi connectivity index (χ3n) is 1.04. The van der Waals surface area contributed by atoms with Crippen molar-refractivity contribution in [1.29, 1.82) is 0 Å². The highest BCUT2D eigenvalue weighted by Crippen LogP contribution is 2.12. The normalized spacial score (nSPS) is 8.90. The SMILES string of the molecule is C=C(OI)c1ccccn1. The summed E-state index contributed by atoms with van der Waals surface area (Å²) in [5.74, 6) is 0.584. The zero-order valence-electron chi connectivity index (χ0n) is 5.25. The van der Waals surface area contributed by atoms with Gasteiger partial charge >= 0.3 is 0 Å². The van der Waals surface area contributed by atoms with Crippen molar-refractivity contribution < 1.29 is 3.07 Å². The Kier molecular flexibility index (Phi) is 2.68. The Labute approximate surface area is 73.6 Å². The van der Waals surface area contributed by atoms with Crippen LogP contribution in [0, 0.1) is 0 Å². The van der Waals surface area contributed by atoms with Crippen molar-refractivity contribution >= 4 is 28.8 Å². The maximum absolute atomic E-state index is 4.85. The molecule has 0 saturated heterocycles. The Bertz CT molecular complexity index is 222. The van der Waals surface area contributed by atoms with Crippen molar-refractivity contribution in [3.8, 4) is 0 Å². The zero-order valence-corrected chi connectivity index (χ0v) is 7.41. The predicted molar refractivity (Wildman–Crippen MR) is 48.4 cm³/mol.